The van der Waals surface area contributed by atoms with Crippen molar-refractivity contribution in [3.05, 3.63) is 0 Å². The smallest absolute Gasteiger partial charge is 0.236 e. The first-order chi connectivity index (χ1) is 6.24. The van der Waals surface area contributed by atoms with Crippen LogP contribution >= 0.6 is 0 Å². The maximum Gasteiger partial charge on any atom is 0.236 e. The molecular formula is C10H20N2O. The van der Waals surface area contributed by atoms with Gasteiger partial charge in [0.15, 0.2) is 0 Å². The van der Waals surface area contributed by atoms with Crippen molar-refractivity contribution in [3.63, 3.8) is 0 Å². The van der Waals surface area contributed by atoms with Crippen molar-refractivity contribution in [1.82, 2.24) is 10.6 Å². The molecule has 1 fully saturated rings. The lowest BCUT2D eigenvalue weighted by atomic mass is 9.95. The lowest BCUT2D eigenvalue weighted by molar-refractivity contribution is -0.122. The summed E-state index contributed by atoms with van der Waals surface area (Å²) in [5.41, 5.74) is 0. The van der Waals surface area contributed by atoms with E-state index in [0.29, 0.717) is 6.04 Å². The molecule has 0 radical (unpaired) electrons. The van der Waals surface area contributed by atoms with Crippen molar-refractivity contribution < 1.29 is 4.79 Å². The fourth-order valence-electron chi connectivity index (χ4n) is 1.92. The Balaban J connectivity index is 2.25. The van der Waals surface area contributed by atoms with Crippen LogP contribution in [0.25, 0.3) is 0 Å². The molecule has 1 saturated carbocycles. The third-order valence-electron chi connectivity index (χ3n) is 2.73. The first-order valence-corrected chi connectivity index (χ1v) is 5.21. The van der Waals surface area contributed by atoms with Crippen molar-refractivity contribution in [3.8, 4) is 0 Å². The number of rotatable bonds is 3. The molecule has 0 aliphatic heterocycles. The van der Waals surface area contributed by atoms with Gasteiger partial charge in [-0.3, -0.25) is 4.79 Å². The molecule has 1 atom stereocenters. The number of carbonyl (C=O) groups excluding carboxylic acids is 1. The predicted molar refractivity (Wildman–Crippen MR) is 53.5 cm³/mol. The Hall–Kier alpha value is -0.570. The fraction of sp³-hybridized carbons (Fsp3) is 0.900. The SMILES string of the molecule is CNC(=O)[C@H](C)NC1CCCCC1. The highest BCUT2D eigenvalue weighted by atomic mass is 16.2. The fourth-order valence-corrected chi connectivity index (χ4v) is 1.92. The molecule has 1 aliphatic carbocycles. The molecule has 1 rings (SSSR count). The average molecular weight is 184 g/mol. The third kappa shape index (κ3) is 3.35. The molecule has 0 aromatic carbocycles. The van der Waals surface area contributed by atoms with Crippen LogP contribution in [-0.2, 0) is 4.79 Å². The molecule has 0 aromatic heterocycles. The maximum atomic E-state index is 11.2. The van der Waals surface area contributed by atoms with E-state index in [4.69, 9.17) is 0 Å². The standard InChI is InChI=1S/C10H20N2O/c1-8(10(13)11-2)12-9-6-4-3-5-7-9/h8-9,12H,3-7H2,1-2H3,(H,11,13)/t8-/m0/s1. The van der Waals surface area contributed by atoms with Crippen LogP contribution in [0.15, 0.2) is 0 Å². The van der Waals surface area contributed by atoms with Crippen LogP contribution in [0.5, 0.6) is 0 Å². The number of carbonyl (C=O) groups is 1. The molecular weight excluding hydrogens is 164 g/mol. The van der Waals surface area contributed by atoms with Crippen molar-refractivity contribution in [2.45, 2.75) is 51.1 Å². The van der Waals surface area contributed by atoms with Gasteiger partial charge >= 0.3 is 0 Å². The van der Waals surface area contributed by atoms with Gasteiger partial charge in [-0.2, -0.15) is 0 Å². The molecule has 2 N–H and O–H groups in total. The average Bonchev–Trinajstić information content (AvgIpc) is 2.18. The molecule has 0 unspecified atom stereocenters. The van der Waals surface area contributed by atoms with Crippen molar-refractivity contribution >= 4 is 5.91 Å². The highest BCUT2D eigenvalue weighted by Gasteiger charge is 2.18. The third-order valence-corrected chi connectivity index (χ3v) is 2.73. The van der Waals surface area contributed by atoms with Crippen LogP contribution in [0, 0.1) is 0 Å². The topological polar surface area (TPSA) is 41.1 Å². The predicted octanol–water partition coefficient (Wildman–Crippen LogP) is 1.04. The summed E-state index contributed by atoms with van der Waals surface area (Å²) in [7, 11) is 1.68. The zero-order valence-electron chi connectivity index (χ0n) is 8.60. The minimum atomic E-state index is -0.0481. The maximum absolute atomic E-state index is 11.2. The molecule has 76 valence electrons. The van der Waals surface area contributed by atoms with Crippen LogP contribution in [0.4, 0.5) is 0 Å². The van der Waals surface area contributed by atoms with Gasteiger partial charge in [-0.1, -0.05) is 19.3 Å². The second-order valence-corrected chi connectivity index (χ2v) is 3.84. The number of hydrogen-bond acceptors (Lipinski definition) is 2. The molecule has 0 heterocycles. The summed E-state index contributed by atoms with van der Waals surface area (Å²) in [6, 6.07) is 0.508. The normalized spacial score (nSPS) is 21.1. The second kappa shape index (κ2) is 5.22. The summed E-state index contributed by atoms with van der Waals surface area (Å²) in [5.74, 6) is 0.0885. The minimum absolute atomic E-state index is 0.0481. The lowest BCUT2D eigenvalue weighted by Crippen LogP contribution is -2.46. The van der Waals surface area contributed by atoms with Gasteiger partial charge in [0, 0.05) is 13.1 Å². The van der Waals surface area contributed by atoms with Gasteiger partial charge in [0.25, 0.3) is 0 Å². The zero-order valence-corrected chi connectivity index (χ0v) is 8.60. The van der Waals surface area contributed by atoms with Gasteiger partial charge in [-0.15, -0.1) is 0 Å². The van der Waals surface area contributed by atoms with Crippen molar-refractivity contribution in [2.75, 3.05) is 7.05 Å². The molecule has 0 bridgehead atoms. The second-order valence-electron chi connectivity index (χ2n) is 3.84. The van der Waals surface area contributed by atoms with E-state index >= 15 is 0 Å². The van der Waals surface area contributed by atoms with Crippen LogP contribution < -0.4 is 10.6 Å². The van der Waals surface area contributed by atoms with Crippen molar-refractivity contribution in [1.29, 1.82) is 0 Å². The number of hydrogen-bond donors (Lipinski definition) is 2. The molecule has 3 nitrogen and oxygen atoms in total. The molecule has 3 heteroatoms. The molecule has 0 saturated heterocycles. The summed E-state index contributed by atoms with van der Waals surface area (Å²) < 4.78 is 0. The van der Waals surface area contributed by atoms with Gasteiger partial charge in [-0.25, -0.2) is 0 Å². The van der Waals surface area contributed by atoms with Crippen LogP contribution in [-0.4, -0.2) is 25.0 Å². The monoisotopic (exact) mass is 184 g/mol. The Kier molecular flexibility index (Phi) is 4.22. The molecule has 0 aromatic rings. The minimum Gasteiger partial charge on any atom is -0.358 e. The molecule has 0 spiro atoms. The van der Waals surface area contributed by atoms with Gasteiger partial charge in [0.2, 0.25) is 5.91 Å². The lowest BCUT2D eigenvalue weighted by Gasteiger charge is -2.25. The van der Waals surface area contributed by atoms with E-state index in [0.717, 1.165) is 0 Å². The highest BCUT2D eigenvalue weighted by Crippen LogP contribution is 2.17. The van der Waals surface area contributed by atoms with Gasteiger partial charge in [-0.05, 0) is 19.8 Å². The van der Waals surface area contributed by atoms with E-state index in [-0.39, 0.29) is 11.9 Å². The zero-order chi connectivity index (χ0) is 9.68. The van der Waals surface area contributed by atoms with E-state index in [1.54, 1.807) is 7.05 Å². The number of amides is 1. The Labute approximate surface area is 80.3 Å². The molecule has 1 amide bonds. The van der Waals surface area contributed by atoms with E-state index in [1.807, 2.05) is 6.92 Å². The van der Waals surface area contributed by atoms with Crippen LogP contribution in [0.2, 0.25) is 0 Å². The summed E-state index contributed by atoms with van der Waals surface area (Å²) in [6.45, 7) is 1.92. The Morgan fingerprint density at radius 2 is 1.92 bits per heavy atom. The van der Waals surface area contributed by atoms with Gasteiger partial charge in [0.05, 0.1) is 6.04 Å². The molecule has 1 aliphatic rings. The summed E-state index contributed by atoms with van der Waals surface area (Å²) in [6.07, 6.45) is 6.41. The van der Waals surface area contributed by atoms with Crippen LogP contribution in [0.1, 0.15) is 39.0 Å². The molecule has 13 heavy (non-hydrogen) atoms. The Morgan fingerprint density at radius 1 is 1.31 bits per heavy atom. The van der Waals surface area contributed by atoms with Gasteiger partial charge in [0.1, 0.15) is 0 Å². The van der Waals surface area contributed by atoms with E-state index < -0.39 is 0 Å². The van der Waals surface area contributed by atoms with E-state index in [2.05, 4.69) is 10.6 Å². The number of nitrogens with one attached hydrogen (secondary N) is 2. The van der Waals surface area contributed by atoms with Crippen LogP contribution in [0.3, 0.4) is 0 Å². The Morgan fingerprint density at radius 3 is 2.46 bits per heavy atom. The summed E-state index contributed by atoms with van der Waals surface area (Å²) in [5, 5.41) is 6.01. The van der Waals surface area contributed by atoms with E-state index in [1.165, 1.54) is 32.1 Å². The van der Waals surface area contributed by atoms with Gasteiger partial charge < -0.3 is 10.6 Å². The largest absolute Gasteiger partial charge is 0.358 e. The summed E-state index contributed by atoms with van der Waals surface area (Å²) >= 11 is 0. The first-order valence-electron chi connectivity index (χ1n) is 5.21. The number of likely N-dealkylation sites (N-methyl/N-ethyl adjacent to an activating group) is 1. The quantitative estimate of drug-likeness (QED) is 0.688. The Bertz CT molecular complexity index is 164. The highest BCUT2D eigenvalue weighted by molar-refractivity contribution is 5.80. The van der Waals surface area contributed by atoms with Crippen molar-refractivity contribution in [2.24, 2.45) is 0 Å². The van der Waals surface area contributed by atoms with E-state index in [9.17, 15) is 4.79 Å². The summed E-state index contributed by atoms with van der Waals surface area (Å²) in [4.78, 5) is 11.2. The first kappa shape index (κ1) is 10.5.